The first-order valence-corrected chi connectivity index (χ1v) is 6.54. The molecule has 0 bridgehead atoms. The molecule has 1 aliphatic heterocycles. The number of hydrogen-bond donors (Lipinski definition) is 1. The molecule has 0 aromatic heterocycles. The summed E-state index contributed by atoms with van der Waals surface area (Å²) >= 11 is 0. The fourth-order valence-electron chi connectivity index (χ4n) is 2.31. The highest BCUT2D eigenvalue weighted by molar-refractivity contribution is 7.51. The van der Waals surface area contributed by atoms with E-state index in [4.69, 9.17) is 4.52 Å². The quantitative estimate of drug-likeness (QED) is 0.633. The smallest absolute Gasteiger partial charge is 0.262 e. The molecule has 1 N–H and O–H groups in total. The Morgan fingerprint density at radius 1 is 1.07 bits per heavy atom. The van der Waals surface area contributed by atoms with Crippen molar-refractivity contribution in [3.8, 4) is 0 Å². The van der Waals surface area contributed by atoms with Gasteiger partial charge in [-0.1, -0.05) is 18.2 Å². The summed E-state index contributed by atoms with van der Waals surface area (Å²) in [5, 5.41) is 1.03. The van der Waals surface area contributed by atoms with Crippen molar-refractivity contribution in [1.82, 2.24) is 0 Å². The zero-order valence-corrected chi connectivity index (χ0v) is 9.33. The van der Waals surface area contributed by atoms with Gasteiger partial charge in [0.15, 0.2) is 0 Å². The second-order valence-electron chi connectivity index (χ2n) is 3.95. The minimum atomic E-state index is -1.41. The van der Waals surface area contributed by atoms with Crippen LogP contribution in [0.15, 0.2) is 46.5 Å². The Morgan fingerprint density at radius 3 is 2.67 bits per heavy atom. The van der Waals surface area contributed by atoms with Crippen LogP contribution in [0.25, 0.3) is 0 Å². The van der Waals surface area contributed by atoms with E-state index in [-0.39, 0.29) is 0 Å². The van der Waals surface area contributed by atoms with Crippen molar-refractivity contribution >= 4 is 8.38 Å². The van der Waals surface area contributed by atoms with Crippen LogP contribution in [-0.4, -0.2) is 4.89 Å². The molecule has 0 radical (unpaired) electrons. The van der Waals surface area contributed by atoms with Crippen LogP contribution in [0, 0.1) is 0 Å². The molecule has 0 spiro atoms. The van der Waals surface area contributed by atoms with Crippen molar-refractivity contribution in [2.45, 2.75) is 25.7 Å². The second kappa shape index (κ2) is 3.62. The van der Waals surface area contributed by atoms with Crippen LogP contribution in [0.3, 0.4) is 0 Å². The topological polar surface area (TPSA) is 29.5 Å². The fourth-order valence-corrected chi connectivity index (χ4v) is 3.47. The number of hydrogen-bond acceptors (Lipinski definition) is 2. The molecule has 0 saturated carbocycles. The van der Waals surface area contributed by atoms with E-state index in [0.29, 0.717) is 0 Å². The maximum absolute atomic E-state index is 9.91. The van der Waals surface area contributed by atoms with Crippen molar-refractivity contribution in [3.63, 3.8) is 0 Å². The van der Waals surface area contributed by atoms with Gasteiger partial charge in [-0.25, -0.2) is 0 Å². The molecule has 0 aromatic carbocycles. The predicted molar refractivity (Wildman–Crippen MR) is 61.0 cm³/mol. The Hall–Kier alpha value is -0.850. The first-order valence-electron chi connectivity index (χ1n) is 5.33. The molecule has 2 aliphatic carbocycles. The Morgan fingerprint density at radius 2 is 1.80 bits per heavy atom. The van der Waals surface area contributed by atoms with E-state index in [9.17, 15) is 4.89 Å². The minimum absolute atomic E-state index is 0.906. The zero-order valence-electron chi connectivity index (χ0n) is 8.44. The number of fused-ring (bicyclic) bond motifs is 1. The highest BCUT2D eigenvalue weighted by Crippen LogP contribution is 2.55. The Labute approximate surface area is 90.6 Å². The van der Waals surface area contributed by atoms with Gasteiger partial charge in [0.1, 0.15) is 5.76 Å². The van der Waals surface area contributed by atoms with Crippen molar-refractivity contribution in [2.75, 3.05) is 0 Å². The normalized spacial score (nSPS) is 28.7. The largest absolute Gasteiger partial charge is 0.444 e. The van der Waals surface area contributed by atoms with Gasteiger partial charge in [0.2, 0.25) is 0 Å². The maximum atomic E-state index is 9.91. The van der Waals surface area contributed by atoms with Gasteiger partial charge in [-0.3, -0.25) is 0 Å². The summed E-state index contributed by atoms with van der Waals surface area (Å²) in [6.07, 6.45) is 12.6. The van der Waals surface area contributed by atoms with Gasteiger partial charge < -0.3 is 9.42 Å². The molecule has 3 heteroatoms. The van der Waals surface area contributed by atoms with Crippen LogP contribution >= 0.6 is 8.38 Å². The highest BCUT2D eigenvalue weighted by Gasteiger charge is 2.29. The third kappa shape index (κ3) is 1.49. The molecule has 1 heterocycles. The van der Waals surface area contributed by atoms with E-state index >= 15 is 0 Å². The van der Waals surface area contributed by atoms with Gasteiger partial charge in [-0.15, -0.1) is 0 Å². The van der Waals surface area contributed by atoms with E-state index in [2.05, 4.69) is 12.2 Å². The van der Waals surface area contributed by atoms with Crippen LogP contribution < -0.4 is 0 Å². The van der Waals surface area contributed by atoms with Crippen LogP contribution in [0.4, 0.5) is 0 Å². The SMILES string of the molecule is OP1OC2=C(CCC=C2)C2=C1C=CCC2. The lowest BCUT2D eigenvalue weighted by Crippen LogP contribution is -2.09. The first-order chi connectivity index (χ1) is 7.36. The molecule has 3 aliphatic rings. The molecule has 3 rings (SSSR count). The maximum Gasteiger partial charge on any atom is 0.262 e. The first kappa shape index (κ1) is 9.38. The molecule has 0 amide bonds. The van der Waals surface area contributed by atoms with E-state index in [0.717, 1.165) is 36.8 Å². The Balaban J connectivity index is 2.11. The molecule has 1 unspecified atom stereocenters. The lowest BCUT2D eigenvalue weighted by Gasteiger charge is -2.30. The minimum Gasteiger partial charge on any atom is -0.444 e. The molecule has 78 valence electrons. The van der Waals surface area contributed by atoms with Gasteiger partial charge >= 0.3 is 0 Å². The van der Waals surface area contributed by atoms with Crippen LogP contribution in [0.1, 0.15) is 25.7 Å². The molecule has 0 fully saturated rings. The summed E-state index contributed by atoms with van der Waals surface area (Å²) in [6, 6.07) is 0. The van der Waals surface area contributed by atoms with Gasteiger partial charge in [-0.2, -0.15) is 0 Å². The summed E-state index contributed by atoms with van der Waals surface area (Å²) in [5.74, 6) is 0.906. The molecule has 15 heavy (non-hydrogen) atoms. The van der Waals surface area contributed by atoms with Gasteiger partial charge in [-0.05, 0) is 42.9 Å². The van der Waals surface area contributed by atoms with E-state index < -0.39 is 8.38 Å². The third-order valence-electron chi connectivity index (χ3n) is 3.03. The number of allylic oxidation sites excluding steroid dienone is 7. The standard InChI is InChI=1S/C12H13O2P/c13-15-12-8-4-2-6-10(12)9-5-1-3-7-11(9)14-15/h3-4,7-8,13H,1-2,5-6H2. The van der Waals surface area contributed by atoms with Gasteiger partial charge in [0.25, 0.3) is 8.38 Å². The van der Waals surface area contributed by atoms with Crippen LogP contribution in [-0.2, 0) is 4.52 Å². The van der Waals surface area contributed by atoms with Crippen molar-refractivity contribution in [2.24, 2.45) is 0 Å². The third-order valence-corrected chi connectivity index (χ3v) is 4.23. The molecular weight excluding hydrogens is 207 g/mol. The zero-order chi connectivity index (χ0) is 10.3. The second-order valence-corrected chi connectivity index (χ2v) is 5.16. The van der Waals surface area contributed by atoms with E-state index in [1.165, 1.54) is 11.1 Å². The van der Waals surface area contributed by atoms with Crippen molar-refractivity contribution in [1.29, 1.82) is 0 Å². The molecule has 0 saturated heterocycles. The van der Waals surface area contributed by atoms with Gasteiger partial charge in [0, 0.05) is 5.31 Å². The molecule has 0 aromatic rings. The lowest BCUT2D eigenvalue weighted by atomic mass is 9.90. The average molecular weight is 220 g/mol. The van der Waals surface area contributed by atoms with Crippen molar-refractivity contribution in [3.05, 3.63) is 46.5 Å². The molecule has 2 nitrogen and oxygen atoms in total. The van der Waals surface area contributed by atoms with E-state index in [1.807, 2.05) is 12.2 Å². The molecule has 1 atom stereocenters. The summed E-state index contributed by atoms with van der Waals surface area (Å²) in [7, 11) is -1.41. The van der Waals surface area contributed by atoms with E-state index in [1.54, 1.807) is 0 Å². The predicted octanol–water partition coefficient (Wildman–Crippen LogP) is 3.53. The summed E-state index contributed by atoms with van der Waals surface area (Å²) in [4.78, 5) is 9.91. The highest BCUT2D eigenvalue weighted by atomic mass is 31.2. The number of rotatable bonds is 0. The average Bonchev–Trinajstić information content (AvgIpc) is 2.30. The van der Waals surface area contributed by atoms with Crippen LogP contribution in [0.5, 0.6) is 0 Å². The Kier molecular flexibility index (Phi) is 2.27. The van der Waals surface area contributed by atoms with Gasteiger partial charge in [0.05, 0.1) is 0 Å². The lowest BCUT2D eigenvalue weighted by molar-refractivity contribution is 0.407. The monoisotopic (exact) mass is 220 g/mol. The van der Waals surface area contributed by atoms with Crippen LogP contribution in [0.2, 0.25) is 0 Å². The van der Waals surface area contributed by atoms with Crippen molar-refractivity contribution < 1.29 is 9.42 Å². The Bertz CT molecular complexity index is 415. The summed E-state index contributed by atoms with van der Waals surface area (Å²) in [5.41, 5.74) is 2.67. The summed E-state index contributed by atoms with van der Waals surface area (Å²) in [6.45, 7) is 0. The fraction of sp³-hybridized carbons (Fsp3) is 0.333. The summed E-state index contributed by atoms with van der Waals surface area (Å²) < 4.78 is 5.56. The molecular formula is C12H13O2P.